The van der Waals surface area contributed by atoms with Crippen LogP contribution in [0.15, 0.2) is 78.9 Å². The molecule has 3 aromatic carbocycles. The maximum Gasteiger partial charge on any atom is 0.119 e. The van der Waals surface area contributed by atoms with E-state index in [9.17, 15) is 0 Å². The van der Waals surface area contributed by atoms with Gasteiger partial charge in [0.25, 0.3) is 0 Å². The first kappa shape index (κ1) is 19.2. The highest BCUT2D eigenvalue weighted by molar-refractivity contribution is 5.70. The molecule has 0 heterocycles. The number of ether oxygens (including phenoxy) is 1. The molecule has 0 unspecified atom stereocenters. The Morgan fingerprint density at radius 3 is 1.59 bits per heavy atom. The summed E-state index contributed by atoms with van der Waals surface area (Å²) >= 11 is 0. The zero-order valence-electron chi connectivity index (χ0n) is 16.4. The molecule has 0 aliphatic carbocycles. The fraction of sp³-hybridized carbons (Fsp3) is 0.308. The van der Waals surface area contributed by atoms with Crippen molar-refractivity contribution in [2.45, 2.75) is 45.4 Å². The van der Waals surface area contributed by atoms with Gasteiger partial charge in [0.2, 0.25) is 0 Å². The van der Waals surface area contributed by atoms with Crippen LogP contribution >= 0.6 is 0 Å². The number of unbranched alkanes of at least 4 members (excludes halogenated alkanes) is 5. The quantitative estimate of drug-likeness (QED) is 0.336. The molecule has 0 saturated heterocycles. The monoisotopic (exact) mass is 358 g/mol. The van der Waals surface area contributed by atoms with E-state index in [4.69, 9.17) is 4.74 Å². The van der Waals surface area contributed by atoms with Crippen molar-refractivity contribution in [1.82, 2.24) is 0 Å². The molecule has 0 atom stereocenters. The van der Waals surface area contributed by atoms with Gasteiger partial charge < -0.3 is 4.74 Å². The standard InChI is InChI=1S/C26H30O/c1-2-3-4-5-6-10-21-27-26-19-17-25(18-20-26)24-15-13-23(14-16-24)22-11-8-7-9-12-22/h7-9,11-20H,2-6,10,21H2,1H3. The molecular weight excluding hydrogens is 328 g/mol. The lowest BCUT2D eigenvalue weighted by molar-refractivity contribution is 0.304. The largest absolute Gasteiger partial charge is 0.494 e. The second-order valence-corrected chi connectivity index (χ2v) is 7.08. The summed E-state index contributed by atoms with van der Waals surface area (Å²) in [5.74, 6) is 0.966. The molecule has 1 heteroatoms. The molecule has 0 N–H and O–H groups in total. The van der Waals surface area contributed by atoms with Crippen LogP contribution in [0.5, 0.6) is 5.75 Å². The lowest BCUT2D eigenvalue weighted by atomic mass is 10.0. The Kier molecular flexibility index (Phi) is 7.53. The average molecular weight is 359 g/mol. The Hall–Kier alpha value is -2.54. The van der Waals surface area contributed by atoms with E-state index in [1.807, 2.05) is 6.07 Å². The molecule has 0 bridgehead atoms. The first-order chi connectivity index (χ1) is 13.4. The van der Waals surface area contributed by atoms with Crippen LogP contribution in [0.3, 0.4) is 0 Å². The minimum atomic E-state index is 0.817. The van der Waals surface area contributed by atoms with Crippen LogP contribution in [0.4, 0.5) is 0 Å². The zero-order valence-corrected chi connectivity index (χ0v) is 16.4. The SMILES string of the molecule is CCCCCCCCOc1ccc(-c2ccc(-c3ccccc3)cc2)cc1. The Bertz CT molecular complexity index is 773. The van der Waals surface area contributed by atoms with Crippen molar-refractivity contribution in [3.05, 3.63) is 78.9 Å². The number of benzene rings is 3. The Balaban J connectivity index is 1.50. The highest BCUT2D eigenvalue weighted by Gasteiger charge is 2.01. The molecule has 3 aromatic rings. The van der Waals surface area contributed by atoms with Gasteiger partial charge in [-0.15, -0.1) is 0 Å². The van der Waals surface area contributed by atoms with Crippen molar-refractivity contribution in [1.29, 1.82) is 0 Å². The van der Waals surface area contributed by atoms with E-state index in [1.54, 1.807) is 0 Å². The summed E-state index contributed by atoms with van der Waals surface area (Å²) in [6, 6.07) is 27.7. The number of hydrogen-bond donors (Lipinski definition) is 0. The van der Waals surface area contributed by atoms with Crippen molar-refractivity contribution in [2.75, 3.05) is 6.61 Å². The summed E-state index contributed by atoms with van der Waals surface area (Å²) in [5, 5.41) is 0. The fourth-order valence-electron chi connectivity index (χ4n) is 3.30. The van der Waals surface area contributed by atoms with Gasteiger partial charge in [-0.1, -0.05) is 106 Å². The van der Waals surface area contributed by atoms with E-state index >= 15 is 0 Å². The van der Waals surface area contributed by atoms with Gasteiger partial charge in [-0.3, -0.25) is 0 Å². The molecule has 0 aliphatic heterocycles. The van der Waals surface area contributed by atoms with Crippen molar-refractivity contribution in [2.24, 2.45) is 0 Å². The van der Waals surface area contributed by atoms with Crippen LogP contribution in [-0.2, 0) is 0 Å². The average Bonchev–Trinajstić information content (AvgIpc) is 2.74. The maximum atomic E-state index is 5.88. The van der Waals surface area contributed by atoms with Crippen molar-refractivity contribution < 1.29 is 4.74 Å². The molecule has 1 nitrogen and oxygen atoms in total. The smallest absolute Gasteiger partial charge is 0.119 e. The van der Waals surface area contributed by atoms with Gasteiger partial charge in [-0.25, -0.2) is 0 Å². The van der Waals surface area contributed by atoms with Gasteiger partial charge in [0.15, 0.2) is 0 Å². The Labute approximate surface area is 164 Å². The highest BCUT2D eigenvalue weighted by Crippen LogP contribution is 2.26. The van der Waals surface area contributed by atoms with E-state index in [1.165, 1.54) is 54.4 Å². The maximum absolute atomic E-state index is 5.88. The third-order valence-electron chi connectivity index (χ3n) is 4.95. The van der Waals surface area contributed by atoms with Gasteiger partial charge >= 0.3 is 0 Å². The molecule has 140 valence electrons. The topological polar surface area (TPSA) is 9.23 Å². The lowest BCUT2D eigenvalue weighted by Crippen LogP contribution is -1.97. The first-order valence-electron chi connectivity index (χ1n) is 10.3. The van der Waals surface area contributed by atoms with Crippen LogP contribution in [0.25, 0.3) is 22.3 Å². The predicted molar refractivity (Wildman–Crippen MR) is 116 cm³/mol. The lowest BCUT2D eigenvalue weighted by Gasteiger charge is -2.08. The molecule has 0 aromatic heterocycles. The summed E-state index contributed by atoms with van der Waals surface area (Å²) in [4.78, 5) is 0. The molecule has 0 saturated carbocycles. The molecule has 0 radical (unpaired) electrons. The third kappa shape index (κ3) is 5.99. The van der Waals surface area contributed by atoms with Gasteiger partial charge in [-0.2, -0.15) is 0 Å². The second kappa shape index (κ2) is 10.6. The van der Waals surface area contributed by atoms with Gasteiger partial charge in [0.05, 0.1) is 6.61 Å². The minimum absolute atomic E-state index is 0.817. The molecule has 3 rings (SSSR count). The van der Waals surface area contributed by atoms with Crippen molar-refractivity contribution >= 4 is 0 Å². The van der Waals surface area contributed by atoms with Crippen LogP contribution < -0.4 is 4.74 Å². The van der Waals surface area contributed by atoms with Crippen LogP contribution in [0.1, 0.15) is 45.4 Å². The summed E-state index contributed by atoms with van der Waals surface area (Å²) < 4.78 is 5.88. The van der Waals surface area contributed by atoms with Gasteiger partial charge in [0, 0.05) is 0 Å². The minimum Gasteiger partial charge on any atom is -0.494 e. The molecule has 0 amide bonds. The van der Waals surface area contributed by atoms with E-state index in [0.29, 0.717) is 0 Å². The second-order valence-electron chi connectivity index (χ2n) is 7.08. The van der Waals surface area contributed by atoms with Crippen LogP contribution in [-0.4, -0.2) is 6.61 Å². The van der Waals surface area contributed by atoms with Gasteiger partial charge in [-0.05, 0) is 40.8 Å². The summed E-state index contributed by atoms with van der Waals surface area (Å²) in [7, 11) is 0. The number of hydrogen-bond acceptors (Lipinski definition) is 1. The fourth-order valence-corrected chi connectivity index (χ4v) is 3.30. The molecular formula is C26H30O. The zero-order chi connectivity index (χ0) is 18.7. The normalized spacial score (nSPS) is 10.7. The molecule has 0 aliphatic rings. The summed E-state index contributed by atoms with van der Waals surface area (Å²) in [6.07, 6.45) is 7.76. The van der Waals surface area contributed by atoms with E-state index in [-0.39, 0.29) is 0 Å². The first-order valence-corrected chi connectivity index (χ1v) is 10.3. The summed E-state index contributed by atoms with van der Waals surface area (Å²) in [5.41, 5.74) is 4.96. The Morgan fingerprint density at radius 2 is 1.00 bits per heavy atom. The molecule has 0 spiro atoms. The van der Waals surface area contributed by atoms with Crippen molar-refractivity contribution in [3.8, 4) is 28.0 Å². The van der Waals surface area contributed by atoms with E-state index in [0.717, 1.165) is 18.8 Å². The molecule has 0 fully saturated rings. The molecule has 27 heavy (non-hydrogen) atoms. The highest BCUT2D eigenvalue weighted by atomic mass is 16.5. The van der Waals surface area contributed by atoms with Crippen LogP contribution in [0.2, 0.25) is 0 Å². The Morgan fingerprint density at radius 1 is 0.519 bits per heavy atom. The predicted octanol–water partition coefficient (Wildman–Crippen LogP) is 7.76. The van der Waals surface area contributed by atoms with E-state index < -0.39 is 0 Å². The third-order valence-corrected chi connectivity index (χ3v) is 4.95. The van der Waals surface area contributed by atoms with Gasteiger partial charge in [0.1, 0.15) is 5.75 Å². The number of rotatable bonds is 10. The summed E-state index contributed by atoms with van der Waals surface area (Å²) in [6.45, 7) is 3.07. The van der Waals surface area contributed by atoms with E-state index in [2.05, 4.69) is 79.7 Å². The van der Waals surface area contributed by atoms with Crippen LogP contribution in [0, 0.1) is 0 Å². The van der Waals surface area contributed by atoms with Crippen molar-refractivity contribution in [3.63, 3.8) is 0 Å².